The number of nitrogens with one attached hydrogen (secondary N) is 2. The molecule has 3 N–H and O–H groups in total. The number of guanidine groups is 1. The van der Waals surface area contributed by atoms with E-state index in [2.05, 4.69) is 20.5 Å². The summed E-state index contributed by atoms with van der Waals surface area (Å²) >= 11 is 0. The highest BCUT2D eigenvalue weighted by atomic mass is 19.1. The molecule has 0 radical (unpaired) electrons. The van der Waals surface area contributed by atoms with Crippen molar-refractivity contribution in [2.75, 3.05) is 45.9 Å². The standard InChI is InChI=1S/C20H30F2N4O2/c1-3-23-19(24-12-20(2,27)13-26-7-9-28-10-8-26)25-17-11-14(17)18-15(21)5-4-6-16(18)22/h4-6,14,17,27H,3,7-13H2,1-2H3,(H2,23,24,25). The summed E-state index contributed by atoms with van der Waals surface area (Å²) < 4.78 is 33.3. The maximum atomic E-state index is 14.0. The SMILES string of the molecule is CCNC(=NCC(C)(O)CN1CCOCC1)NC1CC1c1c(F)cccc1F. The van der Waals surface area contributed by atoms with Crippen molar-refractivity contribution in [2.45, 2.75) is 37.8 Å². The fourth-order valence-electron chi connectivity index (χ4n) is 3.57. The highest BCUT2D eigenvalue weighted by Gasteiger charge is 2.42. The zero-order chi connectivity index (χ0) is 20.1. The Balaban J connectivity index is 1.57. The van der Waals surface area contributed by atoms with Gasteiger partial charge in [0, 0.05) is 43.7 Å². The van der Waals surface area contributed by atoms with Gasteiger partial charge in [-0.2, -0.15) is 0 Å². The zero-order valence-electron chi connectivity index (χ0n) is 16.5. The van der Waals surface area contributed by atoms with Crippen molar-refractivity contribution in [1.82, 2.24) is 15.5 Å². The van der Waals surface area contributed by atoms with Gasteiger partial charge in [-0.05, 0) is 32.4 Å². The largest absolute Gasteiger partial charge is 0.387 e. The van der Waals surface area contributed by atoms with Crippen molar-refractivity contribution in [1.29, 1.82) is 0 Å². The number of β-amino-alcohol motifs (C(OH)–C–C–N with tert-alkyl or cyclic N) is 1. The molecule has 156 valence electrons. The number of hydrogen-bond donors (Lipinski definition) is 3. The number of aliphatic imine (C=N–C) groups is 1. The number of hydrogen-bond acceptors (Lipinski definition) is 4. The normalized spacial score (nSPS) is 25.2. The molecule has 0 aromatic heterocycles. The van der Waals surface area contributed by atoms with Gasteiger partial charge in [0.25, 0.3) is 0 Å². The van der Waals surface area contributed by atoms with Crippen molar-refractivity contribution in [2.24, 2.45) is 4.99 Å². The Labute approximate surface area is 165 Å². The smallest absolute Gasteiger partial charge is 0.191 e. The minimum atomic E-state index is -0.972. The van der Waals surface area contributed by atoms with Crippen molar-refractivity contribution in [3.8, 4) is 0 Å². The Morgan fingerprint density at radius 2 is 2.00 bits per heavy atom. The van der Waals surface area contributed by atoms with Crippen LogP contribution in [0.15, 0.2) is 23.2 Å². The molecule has 3 unspecified atom stereocenters. The summed E-state index contributed by atoms with van der Waals surface area (Å²) in [4.78, 5) is 6.67. The number of benzene rings is 1. The third kappa shape index (κ3) is 5.62. The zero-order valence-corrected chi connectivity index (χ0v) is 16.5. The van der Waals surface area contributed by atoms with E-state index < -0.39 is 17.2 Å². The number of nitrogens with zero attached hydrogens (tertiary/aromatic N) is 2. The van der Waals surface area contributed by atoms with Crippen molar-refractivity contribution in [3.05, 3.63) is 35.4 Å². The second-order valence-corrected chi connectivity index (χ2v) is 7.81. The summed E-state index contributed by atoms with van der Waals surface area (Å²) in [5.41, 5.74) is -0.838. The van der Waals surface area contributed by atoms with Crippen molar-refractivity contribution in [3.63, 3.8) is 0 Å². The first-order valence-corrected chi connectivity index (χ1v) is 9.91. The lowest BCUT2D eigenvalue weighted by atomic mass is 10.1. The van der Waals surface area contributed by atoms with Gasteiger partial charge in [0.05, 0.1) is 25.4 Å². The lowest BCUT2D eigenvalue weighted by Gasteiger charge is -2.33. The van der Waals surface area contributed by atoms with Gasteiger partial charge in [-0.25, -0.2) is 8.78 Å². The Hall–Kier alpha value is -1.77. The number of morpholine rings is 1. The highest BCUT2D eigenvalue weighted by Crippen LogP contribution is 2.43. The maximum absolute atomic E-state index is 14.0. The second kappa shape index (κ2) is 9.15. The third-order valence-electron chi connectivity index (χ3n) is 5.07. The van der Waals surface area contributed by atoms with Crippen LogP contribution >= 0.6 is 0 Å². The van der Waals surface area contributed by atoms with Crippen LogP contribution in [-0.2, 0) is 4.74 Å². The van der Waals surface area contributed by atoms with Gasteiger partial charge in [-0.3, -0.25) is 9.89 Å². The minimum Gasteiger partial charge on any atom is -0.387 e. The van der Waals surface area contributed by atoms with Crippen molar-refractivity contribution < 1.29 is 18.6 Å². The number of rotatable bonds is 7. The van der Waals surface area contributed by atoms with Crippen LogP contribution in [0, 0.1) is 11.6 Å². The first kappa shape index (κ1) is 21.0. The minimum absolute atomic E-state index is 0.0756. The molecule has 2 fully saturated rings. The molecule has 28 heavy (non-hydrogen) atoms. The molecule has 1 aliphatic heterocycles. The molecule has 1 aromatic carbocycles. The Kier molecular flexibility index (Phi) is 6.85. The average Bonchev–Trinajstić information content (AvgIpc) is 3.39. The summed E-state index contributed by atoms with van der Waals surface area (Å²) in [5, 5.41) is 17.1. The summed E-state index contributed by atoms with van der Waals surface area (Å²) in [5.74, 6) is -0.678. The van der Waals surface area contributed by atoms with Gasteiger partial charge in [-0.1, -0.05) is 6.07 Å². The molecule has 8 heteroatoms. The fourth-order valence-corrected chi connectivity index (χ4v) is 3.57. The molecular weight excluding hydrogens is 366 g/mol. The van der Waals surface area contributed by atoms with Crippen LogP contribution in [0.25, 0.3) is 0 Å². The molecule has 0 amide bonds. The van der Waals surface area contributed by atoms with E-state index in [0.717, 1.165) is 13.1 Å². The van der Waals surface area contributed by atoms with Gasteiger partial charge in [0.1, 0.15) is 11.6 Å². The third-order valence-corrected chi connectivity index (χ3v) is 5.07. The van der Waals surface area contributed by atoms with Crippen LogP contribution in [-0.4, -0.2) is 73.5 Å². The van der Waals surface area contributed by atoms with E-state index >= 15 is 0 Å². The second-order valence-electron chi connectivity index (χ2n) is 7.81. The lowest BCUT2D eigenvalue weighted by molar-refractivity contribution is -0.0180. The molecule has 1 aliphatic carbocycles. The molecule has 1 saturated carbocycles. The molecule has 1 aromatic rings. The van der Waals surface area contributed by atoms with Gasteiger partial charge < -0.3 is 20.5 Å². The highest BCUT2D eigenvalue weighted by molar-refractivity contribution is 5.80. The summed E-state index contributed by atoms with van der Waals surface area (Å²) in [6, 6.07) is 3.88. The van der Waals surface area contributed by atoms with E-state index in [1.807, 2.05) is 6.92 Å². The van der Waals surface area contributed by atoms with Gasteiger partial charge in [0.2, 0.25) is 0 Å². The topological polar surface area (TPSA) is 69.1 Å². The molecule has 3 atom stereocenters. The quantitative estimate of drug-likeness (QED) is 0.481. The van der Waals surface area contributed by atoms with E-state index in [0.29, 0.717) is 38.7 Å². The van der Waals surface area contributed by atoms with Gasteiger partial charge in [-0.15, -0.1) is 0 Å². The molecule has 1 saturated heterocycles. The molecule has 2 aliphatic rings. The van der Waals surface area contributed by atoms with Crippen molar-refractivity contribution >= 4 is 5.96 Å². The number of ether oxygens (including phenoxy) is 1. The number of halogens is 2. The molecule has 0 bridgehead atoms. The Bertz CT molecular complexity index is 673. The average molecular weight is 396 g/mol. The van der Waals surface area contributed by atoms with E-state index in [1.54, 1.807) is 6.92 Å². The first-order valence-electron chi connectivity index (χ1n) is 9.91. The summed E-state index contributed by atoms with van der Waals surface area (Å²) in [7, 11) is 0. The molecule has 1 heterocycles. The van der Waals surface area contributed by atoms with Crippen LogP contribution in [0.5, 0.6) is 0 Å². The van der Waals surface area contributed by atoms with E-state index in [-0.39, 0.29) is 24.1 Å². The van der Waals surface area contributed by atoms with Crippen LogP contribution in [0.2, 0.25) is 0 Å². The molecular formula is C20H30F2N4O2. The maximum Gasteiger partial charge on any atom is 0.191 e. The predicted octanol–water partition coefficient (Wildman–Crippen LogP) is 1.46. The van der Waals surface area contributed by atoms with Crippen LogP contribution < -0.4 is 10.6 Å². The predicted molar refractivity (Wildman–Crippen MR) is 105 cm³/mol. The van der Waals surface area contributed by atoms with Gasteiger partial charge >= 0.3 is 0 Å². The van der Waals surface area contributed by atoms with Crippen LogP contribution in [0.4, 0.5) is 8.78 Å². The van der Waals surface area contributed by atoms with Crippen LogP contribution in [0.1, 0.15) is 31.7 Å². The van der Waals surface area contributed by atoms with E-state index in [4.69, 9.17) is 4.74 Å². The van der Waals surface area contributed by atoms with Crippen LogP contribution in [0.3, 0.4) is 0 Å². The first-order chi connectivity index (χ1) is 13.4. The number of aliphatic hydroxyl groups is 1. The lowest BCUT2D eigenvalue weighted by Crippen LogP contribution is -2.48. The molecule has 3 rings (SSSR count). The summed E-state index contributed by atoms with van der Waals surface area (Å²) in [6.07, 6.45) is 0.645. The Morgan fingerprint density at radius 1 is 1.32 bits per heavy atom. The molecule has 0 spiro atoms. The Morgan fingerprint density at radius 3 is 2.64 bits per heavy atom. The van der Waals surface area contributed by atoms with E-state index in [9.17, 15) is 13.9 Å². The summed E-state index contributed by atoms with van der Waals surface area (Å²) in [6.45, 7) is 8.08. The molecule has 6 nitrogen and oxygen atoms in total. The van der Waals surface area contributed by atoms with Gasteiger partial charge in [0.15, 0.2) is 5.96 Å². The van der Waals surface area contributed by atoms with E-state index in [1.165, 1.54) is 18.2 Å². The fraction of sp³-hybridized carbons (Fsp3) is 0.650. The monoisotopic (exact) mass is 396 g/mol.